The molecule has 0 amide bonds. The lowest BCUT2D eigenvalue weighted by atomic mass is 9.93. The Morgan fingerprint density at radius 2 is 1.97 bits per heavy atom. The number of allylic oxidation sites excluding steroid dienone is 2. The molecule has 0 spiro atoms. The van der Waals surface area contributed by atoms with Gasteiger partial charge >= 0.3 is 0 Å². The number of hydrogen-bond donors (Lipinski definition) is 1. The number of imidazole rings is 1. The van der Waals surface area contributed by atoms with E-state index in [1.54, 1.807) is 13.2 Å². The van der Waals surface area contributed by atoms with Crippen LogP contribution in [0, 0.1) is 0 Å². The second-order valence-electron chi connectivity index (χ2n) is 8.34. The Bertz CT molecular complexity index is 1160. The topological polar surface area (TPSA) is 59.2 Å². The molecule has 0 radical (unpaired) electrons. The number of hydrogen-bond acceptors (Lipinski definition) is 5. The molecular weight excluding hydrogens is 426 g/mol. The lowest BCUT2D eigenvalue weighted by molar-refractivity contribution is 0.122. The zero-order chi connectivity index (χ0) is 22.1. The highest BCUT2D eigenvalue weighted by molar-refractivity contribution is 6.32. The van der Waals surface area contributed by atoms with Crippen molar-refractivity contribution in [2.45, 2.75) is 32.3 Å². The predicted octanol–water partition coefficient (Wildman–Crippen LogP) is 4.95. The molecule has 1 aliphatic carbocycles. The molecule has 0 unspecified atom stereocenters. The number of halogens is 1. The van der Waals surface area contributed by atoms with Crippen molar-refractivity contribution in [3.05, 3.63) is 52.8 Å². The van der Waals surface area contributed by atoms with Gasteiger partial charge in [-0.2, -0.15) is 0 Å². The molecule has 32 heavy (non-hydrogen) atoms. The van der Waals surface area contributed by atoms with Crippen molar-refractivity contribution in [1.82, 2.24) is 9.38 Å². The number of ether oxygens (including phenoxy) is 2. The summed E-state index contributed by atoms with van der Waals surface area (Å²) in [6.07, 6.45) is 11.3. The van der Waals surface area contributed by atoms with Crippen molar-refractivity contribution >= 4 is 28.5 Å². The first kappa shape index (κ1) is 21.3. The fraction of sp³-hybridized carbons (Fsp3) is 0.400. The number of methoxy groups -OCH3 is 1. The van der Waals surface area contributed by atoms with E-state index in [-0.39, 0.29) is 6.61 Å². The molecule has 1 aliphatic heterocycles. The third-order valence-electron chi connectivity index (χ3n) is 6.38. The van der Waals surface area contributed by atoms with E-state index in [9.17, 15) is 5.11 Å². The van der Waals surface area contributed by atoms with Gasteiger partial charge in [0.2, 0.25) is 0 Å². The first-order valence-corrected chi connectivity index (χ1v) is 11.6. The molecule has 2 aromatic heterocycles. The van der Waals surface area contributed by atoms with Gasteiger partial charge in [0, 0.05) is 48.4 Å². The van der Waals surface area contributed by atoms with E-state index < -0.39 is 0 Å². The van der Waals surface area contributed by atoms with Crippen LogP contribution in [0.2, 0.25) is 5.02 Å². The van der Waals surface area contributed by atoms with Gasteiger partial charge in [-0.3, -0.25) is 0 Å². The van der Waals surface area contributed by atoms with E-state index in [0.717, 1.165) is 61.6 Å². The van der Waals surface area contributed by atoms with Gasteiger partial charge in [-0.15, -0.1) is 0 Å². The second kappa shape index (κ2) is 9.14. The highest BCUT2D eigenvalue weighted by atomic mass is 35.5. The van der Waals surface area contributed by atoms with Crippen molar-refractivity contribution < 1.29 is 14.6 Å². The highest BCUT2D eigenvalue weighted by Crippen LogP contribution is 2.37. The van der Waals surface area contributed by atoms with Crippen molar-refractivity contribution in [1.29, 1.82) is 0 Å². The van der Waals surface area contributed by atoms with Gasteiger partial charge in [-0.05, 0) is 49.0 Å². The van der Waals surface area contributed by atoms with Gasteiger partial charge < -0.3 is 23.9 Å². The first-order valence-electron chi connectivity index (χ1n) is 11.2. The van der Waals surface area contributed by atoms with E-state index in [0.29, 0.717) is 10.8 Å². The maximum absolute atomic E-state index is 9.93. The molecule has 5 rings (SSSR count). The van der Waals surface area contributed by atoms with Gasteiger partial charge in [-0.25, -0.2) is 4.98 Å². The predicted molar refractivity (Wildman–Crippen MR) is 128 cm³/mol. The van der Waals surface area contributed by atoms with E-state index >= 15 is 0 Å². The Morgan fingerprint density at radius 3 is 2.69 bits per heavy atom. The van der Waals surface area contributed by atoms with Gasteiger partial charge in [0.15, 0.2) is 0 Å². The molecule has 1 fully saturated rings. The second-order valence-corrected chi connectivity index (χ2v) is 8.75. The number of pyridine rings is 1. The maximum atomic E-state index is 9.93. The average molecular weight is 454 g/mol. The molecule has 3 heterocycles. The Labute approximate surface area is 193 Å². The molecule has 0 saturated carbocycles. The lowest BCUT2D eigenvalue weighted by Crippen LogP contribution is -2.36. The molecule has 1 N–H and O–H groups in total. The van der Waals surface area contributed by atoms with E-state index in [2.05, 4.69) is 27.6 Å². The highest BCUT2D eigenvalue weighted by Gasteiger charge is 2.21. The average Bonchev–Trinajstić information content (AvgIpc) is 3.27. The fourth-order valence-corrected chi connectivity index (χ4v) is 4.91. The molecule has 2 aliphatic rings. The van der Waals surface area contributed by atoms with Crippen molar-refractivity contribution in [3.8, 4) is 17.0 Å². The van der Waals surface area contributed by atoms with E-state index in [1.165, 1.54) is 29.7 Å². The minimum atomic E-state index is -0.117. The number of rotatable bonds is 5. The zero-order valence-electron chi connectivity index (χ0n) is 18.3. The van der Waals surface area contributed by atoms with Crippen LogP contribution in [0.1, 0.15) is 36.8 Å². The van der Waals surface area contributed by atoms with Gasteiger partial charge in [0.25, 0.3) is 0 Å². The summed E-state index contributed by atoms with van der Waals surface area (Å²) >= 11 is 6.39. The third-order valence-corrected chi connectivity index (χ3v) is 6.68. The number of morpholine rings is 1. The van der Waals surface area contributed by atoms with E-state index in [4.69, 9.17) is 26.1 Å². The fourth-order valence-electron chi connectivity index (χ4n) is 4.67. The number of anilines is 1. The molecule has 3 aromatic rings. The van der Waals surface area contributed by atoms with Crippen LogP contribution in [0.15, 0.2) is 36.7 Å². The summed E-state index contributed by atoms with van der Waals surface area (Å²) in [5, 5.41) is 10.4. The van der Waals surface area contributed by atoms with Crippen LogP contribution in [0.4, 0.5) is 5.69 Å². The van der Waals surface area contributed by atoms with Crippen LogP contribution in [0.3, 0.4) is 0 Å². The summed E-state index contributed by atoms with van der Waals surface area (Å²) in [6, 6.07) is 5.78. The Balaban J connectivity index is 1.64. The number of fused-ring (bicyclic) bond motifs is 1. The first-order chi connectivity index (χ1) is 15.7. The van der Waals surface area contributed by atoms with Crippen molar-refractivity contribution in [3.63, 3.8) is 0 Å². The van der Waals surface area contributed by atoms with Crippen molar-refractivity contribution in [2.75, 3.05) is 38.3 Å². The summed E-state index contributed by atoms with van der Waals surface area (Å²) in [6.45, 7) is 3.13. The standard InChI is InChI=1S/C25H28ClN3O3/c1-31-24-11-18(16-30)19(12-21(24)26)22-15-29-14-20(17-5-3-2-4-6-17)23(13-25(29)27-22)28-7-9-32-10-8-28/h5,11-15,30H,2-4,6-10,16H2,1H3. The largest absolute Gasteiger partial charge is 0.495 e. The molecule has 168 valence electrons. The Morgan fingerprint density at radius 1 is 1.12 bits per heavy atom. The number of aliphatic hydroxyl groups excluding tert-OH is 1. The quantitative estimate of drug-likeness (QED) is 0.592. The summed E-state index contributed by atoms with van der Waals surface area (Å²) in [5.41, 5.74) is 7.11. The minimum absolute atomic E-state index is 0.117. The molecule has 1 saturated heterocycles. The van der Waals surface area contributed by atoms with Gasteiger partial charge in [0.05, 0.1) is 37.6 Å². The SMILES string of the molecule is COc1cc(CO)c(-c2cn3cc(C4=CCCCC4)c(N4CCOCC4)cc3n2)cc1Cl. The summed E-state index contributed by atoms with van der Waals surface area (Å²) < 4.78 is 13.0. The molecular formula is C25H28ClN3O3. The number of aromatic nitrogens is 2. The monoisotopic (exact) mass is 453 g/mol. The van der Waals surface area contributed by atoms with Crippen molar-refractivity contribution in [2.24, 2.45) is 0 Å². The summed E-state index contributed by atoms with van der Waals surface area (Å²) in [5.74, 6) is 0.546. The number of nitrogens with zero attached hydrogens (tertiary/aromatic N) is 3. The molecule has 0 bridgehead atoms. The molecule has 6 nitrogen and oxygen atoms in total. The van der Waals surface area contributed by atoms with Crippen LogP contribution in [0.5, 0.6) is 5.75 Å². The maximum Gasteiger partial charge on any atom is 0.139 e. The lowest BCUT2D eigenvalue weighted by Gasteiger charge is -2.31. The molecule has 7 heteroatoms. The van der Waals surface area contributed by atoms with Crippen LogP contribution in [-0.2, 0) is 11.3 Å². The van der Waals surface area contributed by atoms with Crippen LogP contribution >= 0.6 is 11.6 Å². The smallest absolute Gasteiger partial charge is 0.139 e. The normalized spacial score (nSPS) is 17.0. The van der Waals surface area contributed by atoms with Gasteiger partial charge in [0.1, 0.15) is 11.4 Å². The number of aliphatic hydroxyl groups is 1. The van der Waals surface area contributed by atoms with Crippen LogP contribution in [-0.4, -0.2) is 47.9 Å². The number of benzene rings is 1. The minimum Gasteiger partial charge on any atom is -0.495 e. The Hall–Kier alpha value is -2.54. The Kier molecular flexibility index (Phi) is 6.09. The van der Waals surface area contributed by atoms with Crippen LogP contribution < -0.4 is 9.64 Å². The summed E-state index contributed by atoms with van der Waals surface area (Å²) in [4.78, 5) is 7.31. The van der Waals surface area contributed by atoms with E-state index in [1.807, 2.05) is 12.3 Å². The zero-order valence-corrected chi connectivity index (χ0v) is 19.1. The van der Waals surface area contributed by atoms with Gasteiger partial charge in [-0.1, -0.05) is 17.7 Å². The van der Waals surface area contributed by atoms with Crippen LogP contribution in [0.25, 0.3) is 22.5 Å². The molecule has 0 atom stereocenters. The third kappa shape index (κ3) is 3.98. The molecule has 1 aromatic carbocycles. The summed E-state index contributed by atoms with van der Waals surface area (Å²) in [7, 11) is 1.57.